The van der Waals surface area contributed by atoms with Crippen molar-refractivity contribution in [3.05, 3.63) is 17.5 Å². The second-order valence-electron chi connectivity index (χ2n) is 3.95. The van der Waals surface area contributed by atoms with Crippen molar-refractivity contribution in [1.29, 1.82) is 0 Å². The van der Waals surface area contributed by atoms with Gasteiger partial charge >= 0.3 is 0 Å². The SMILES string of the molecule is CCc1cc(CN(CCO)CC(F)F)n(C)n1. The van der Waals surface area contributed by atoms with Crippen LogP contribution in [0.4, 0.5) is 8.78 Å². The van der Waals surface area contributed by atoms with E-state index >= 15 is 0 Å². The lowest BCUT2D eigenvalue weighted by molar-refractivity contribution is 0.0734. The molecule has 6 heteroatoms. The maximum atomic E-state index is 12.3. The third-order valence-electron chi connectivity index (χ3n) is 2.59. The van der Waals surface area contributed by atoms with E-state index < -0.39 is 6.43 Å². The molecule has 0 bridgehead atoms. The lowest BCUT2D eigenvalue weighted by atomic mass is 10.3. The van der Waals surface area contributed by atoms with E-state index in [1.54, 1.807) is 11.7 Å². The summed E-state index contributed by atoms with van der Waals surface area (Å²) < 4.78 is 26.4. The van der Waals surface area contributed by atoms with E-state index in [0.29, 0.717) is 6.54 Å². The first-order valence-electron chi connectivity index (χ1n) is 5.70. The highest BCUT2D eigenvalue weighted by Crippen LogP contribution is 2.09. The average molecular weight is 247 g/mol. The number of halogens is 2. The van der Waals surface area contributed by atoms with Crippen LogP contribution in [-0.4, -0.2) is 45.9 Å². The Bertz CT molecular complexity index is 341. The van der Waals surface area contributed by atoms with Gasteiger partial charge < -0.3 is 5.11 Å². The highest BCUT2D eigenvalue weighted by molar-refractivity contribution is 5.10. The van der Waals surface area contributed by atoms with E-state index in [2.05, 4.69) is 5.10 Å². The lowest BCUT2D eigenvalue weighted by Crippen LogP contribution is -2.31. The molecule has 4 nitrogen and oxygen atoms in total. The number of nitrogens with zero attached hydrogens (tertiary/aromatic N) is 3. The van der Waals surface area contributed by atoms with Gasteiger partial charge in [0.2, 0.25) is 0 Å². The molecule has 0 fully saturated rings. The highest BCUT2D eigenvalue weighted by atomic mass is 19.3. The van der Waals surface area contributed by atoms with E-state index in [9.17, 15) is 8.78 Å². The van der Waals surface area contributed by atoms with Crippen molar-refractivity contribution in [3.8, 4) is 0 Å². The zero-order chi connectivity index (χ0) is 12.8. The predicted molar refractivity (Wildman–Crippen MR) is 61.0 cm³/mol. The third-order valence-corrected chi connectivity index (χ3v) is 2.59. The summed E-state index contributed by atoms with van der Waals surface area (Å²) in [5, 5.41) is 13.1. The largest absolute Gasteiger partial charge is 0.395 e. The number of aliphatic hydroxyl groups is 1. The molecule has 1 rings (SSSR count). The van der Waals surface area contributed by atoms with Gasteiger partial charge in [-0.15, -0.1) is 0 Å². The molecule has 0 saturated carbocycles. The van der Waals surface area contributed by atoms with Crippen LogP contribution < -0.4 is 0 Å². The minimum atomic E-state index is -2.39. The van der Waals surface area contributed by atoms with Gasteiger partial charge in [0.25, 0.3) is 6.43 Å². The maximum Gasteiger partial charge on any atom is 0.251 e. The zero-order valence-electron chi connectivity index (χ0n) is 10.2. The maximum absolute atomic E-state index is 12.3. The summed E-state index contributed by atoms with van der Waals surface area (Å²) in [7, 11) is 1.80. The molecule has 17 heavy (non-hydrogen) atoms. The highest BCUT2D eigenvalue weighted by Gasteiger charge is 2.14. The number of hydrogen-bond acceptors (Lipinski definition) is 3. The molecule has 0 aliphatic carbocycles. The summed E-state index contributed by atoms with van der Waals surface area (Å²) in [5.74, 6) is 0. The summed E-state index contributed by atoms with van der Waals surface area (Å²) in [6, 6.07) is 1.91. The van der Waals surface area contributed by atoms with Gasteiger partial charge in [0, 0.05) is 20.1 Å². The van der Waals surface area contributed by atoms with Crippen LogP contribution in [0.15, 0.2) is 6.07 Å². The fourth-order valence-electron chi connectivity index (χ4n) is 1.69. The zero-order valence-corrected chi connectivity index (χ0v) is 10.2. The Balaban J connectivity index is 2.67. The Morgan fingerprint density at radius 2 is 2.24 bits per heavy atom. The van der Waals surface area contributed by atoms with Crippen LogP contribution in [0, 0.1) is 0 Å². The molecule has 1 aromatic heterocycles. The third kappa shape index (κ3) is 4.40. The molecule has 0 atom stereocenters. The standard InChI is InChI=1S/C11H19F2N3O/c1-3-9-6-10(15(2)14-9)7-16(4-5-17)8-11(12)13/h6,11,17H,3-5,7-8H2,1-2H3. The molecular formula is C11H19F2N3O. The number of alkyl halides is 2. The number of aliphatic hydroxyl groups excluding tert-OH is 1. The van der Waals surface area contributed by atoms with Gasteiger partial charge in [0.1, 0.15) is 0 Å². The Hall–Kier alpha value is -1.01. The van der Waals surface area contributed by atoms with Gasteiger partial charge in [-0.2, -0.15) is 5.10 Å². The lowest BCUT2D eigenvalue weighted by Gasteiger charge is -2.20. The van der Waals surface area contributed by atoms with Crippen LogP contribution >= 0.6 is 0 Å². The summed E-state index contributed by atoms with van der Waals surface area (Å²) in [5.41, 5.74) is 1.83. The Kier molecular flexibility index (Phi) is 5.50. The molecule has 0 spiro atoms. The molecule has 0 amide bonds. The summed E-state index contributed by atoms with van der Waals surface area (Å²) in [6.07, 6.45) is -1.57. The topological polar surface area (TPSA) is 41.3 Å². The van der Waals surface area contributed by atoms with Crippen molar-refractivity contribution in [2.24, 2.45) is 7.05 Å². The van der Waals surface area contributed by atoms with E-state index in [-0.39, 0.29) is 19.7 Å². The number of hydrogen-bond donors (Lipinski definition) is 1. The van der Waals surface area contributed by atoms with Crippen molar-refractivity contribution in [2.75, 3.05) is 19.7 Å². The molecule has 1 aromatic rings. The minimum Gasteiger partial charge on any atom is -0.395 e. The molecule has 0 saturated heterocycles. The first kappa shape index (κ1) is 14.1. The fourth-order valence-corrected chi connectivity index (χ4v) is 1.69. The quantitative estimate of drug-likeness (QED) is 0.783. The molecule has 0 unspecified atom stereocenters. The van der Waals surface area contributed by atoms with E-state index in [1.807, 2.05) is 13.0 Å². The second-order valence-corrected chi connectivity index (χ2v) is 3.95. The Morgan fingerprint density at radius 1 is 1.53 bits per heavy atom. The first-order chi connectivity index (χ1) is 8.06. The van der Waals surface area contributed by atoms with Gasteiger partial charge in [-0.25, -0.2) is 8.78 Å². The van der Waals surface area contributed by atoms with Gasteiger partial charge in [-0.05, 0) is 12.5 Å². The smallest absolute Gasteiger partial charge is 0.251 e. The number of aryl methyl sites for hydroxylation is 2. The summed E-state index contributed by atoms with van der Waals surface area (Å²) >= 11 is 0. The van der Waals surface area contributed by atoms with Gasteiger partial charge in [0.05, 0.1) is 24.5 Å². The minimum absolute atomic E-state index is 0.120. The molecular weight excluding hydrogens is 228 g/mol. The van der Waals surface area contributed by atoms with Gasteiger partial charge in [-0.1, -0.05) is 6.92 Å². The van der Waals surface area contributed by atoms with E-state index in [1.165, 1.54) is 4.90 Å². The molecule has 98 valence electrons. The van der Waals surface area contributed by atoms with Crippen LogP contribution in [-0.2, 0) is 20.0 Å². The second kappa shape index (κ2) is 6.66. The van der Waals surface area contributed by atoms with Gasteiger partial charge in [-0.3, -0.25) is 9.58 Å². The monoisotopic (exact) mass is 247 g/mol. The van der Waals surface area contributed by atoms with Crippen molar-refractivity contribution < 1.29 is 13.9 Å². The van der Waals surface area contributed by atoms with E-state index in [0.717, 1.165) is 17.8 Å². The van der Waals surface area contributed by atoms with Crippen LogP contribution in [0.3, 0.4) is 0 Å². The molecule has 0 aliphatic rings. The van der Waals surface area contributed by atoms with Crippen LogP contribution in [0.25, 0.3) is 0 Å². The molecule has 1 heterocycles. The number of rotatable bonds is 7. The van der Waals surface area contributed by atoms with Crippen molar-refractivity contribution in [1.82, 2.24) is 14.7 Å². The van der Waals surface area contributed by atoms with E-state index in [4.69, 9.17) is 5.11 Å². The normalized spacial score (nSPS) is 11.7. The molecule has 0 radical (unpaired) electrons. The Morgan fingerprint density at radius 3 is 2.71 bits per heavy atom. The Labute approximate surface area is 99.8 Å². The van der Waals surface area contributed by atoms with Crippen LogP contribution in [0.5, 0.6) is 0 Å². The van der Waals surface area contributed by atoms with Crippen LogP contribution in [0.1, 0.15) is 18.3 Å². The fraction of sp³-hybridized carbons (Fsp3) is 0.727. The summed E-state index contributed by atoms with van der Waals surface area (Å²) in [4.78, 5) is 1.53. The number of aromatic nitrogens is 2. The molecule has 1 N–H and O–H groups in total. The van der Waals surface area contributed by atoms with Crippen LogP contribution in [0.2, 0.25) is 0 Å². The molecule has 0 aromatic carbocycles. The van der Waals surface area contributed by atoms with Crippen molar-refractivity contribution in [2.45, 2.75) is 26.3 Å². The summed E-state index contributed by atoms with van der Waals surface area (Å²) in [6.45, 7) is 2.18. The first-order valence-corrected chi connectivity index (χ1v) is 5.70. The predicted octanol–water partition coefficient (Wildman–Crippen LogP) is 1.04. The van der Waals surface area contributed by atoms with Crippen molar-refractivity contribution in [3.63, 3.8) is 0 Å². The van der Waals surface area contributed by atoms with Gasteiger partial charge in [0.15, 0.2) is 0 Å². The van der Waals surface area contributed by atoms with Crippen molar-refractivity contribution >= 4 is 0 Å². The molecule has 0 aliphatic heterocycles. The average Bonchev–Trinajstić information content (AvgIpc) is 2.59.